The number of nitrogens with one attached hydrogen (secondary N) is 1. The molecule has 0 saturated heterocycles. The summed E-state index contributed by atoms with van der Waals surface area (Å²) in [6, 6.07) is 17.0. The molecule has 1 unspecified atom stereocenters. The summed E-state index contributed by atoms with van der Waals surface area (Å²) in [5.74, 6) is 5.61. The third kappa shape index (κ3) is 3.74. The second-order valence-electron chi connectivity index (χ2n) is 8.99. The van der Waals surface area contributed by atoms with E-state index in [9.17, 15) is 4.79 Å². The standard InChI is InChI=1S/C30H27FN4O/c1-4-8-20-14-22(17-33-16-20)21-9-6-10-23(15-21)30(24-13-19(3)29(36)35(5-2)18-24)25-11-7-12-26(31)27(25)28(32)34-30/h6-7,9-18,28,34H,5,32H2,1-3H3/t28?,30-/m0/s1. The Morgan fingerprint density at radius 1 is 1.11 bits per heavy atom. The van der Waals surface area contributed by atoms with E-state index in [0.717, 1.165) is 33.4 Å². The smallest absolute Gasteiger partial charge is 0.253 e. The number of aryl methyl sites for hydroxylation is 2. The molecule has 0 bridgehead atoms. The molecule has 5 nitrogen and oxygen atoms in total. The quantitative estimate of drug-likeness (QED) is 0.421. The third-order valence-electron chi connectivity index (χ3n) is 6.82. The van der Waals surface area contributed by atoms with Crippen molar-refractivity contribution in [3.63, 3.8) is 0 Å². The first kappa shape index (κ1) is 23.7. The number of fused-ring (bicyclic) bond motifs is 1. The Morgan fingerprint density at radius 2 is 1.92 bits per heavy atom. The van der Waals surface area contributed by atoms with Crippen LogP contribution < -0.4 is 16.6 Å². The molecule has 2 atom stereocenters. The first-order chi connectivity index (χ1) is 17.4. The number of rotatable bonds is 4. The molecule has 2 aromatic carbocycles. The number of benzene rings is 2. The molecule has 4 aromatic rings. The van der Waals surface area contributed by atoms with E-state index in [0.29, 0.717) is 17.7 Å². The maximum absolute atomic E-state index is 15.1. The fraction of sp³-hybridized carbons (Fsp3) is 0.200. The number of hydrogen-bond donors (Lipinski definition) is 2. The molecule has 3 heterocycles. The molecule has 0 spiro atoms. The summed E-state index contributed by atoms with van der Waals surface area (Å²) in [6.07, 6.45) is 4.66. The first-order valence-corrected chi connectivity index (χ1v) is 11.9. The Morgan fingerprint density at radius 3 is 2.69 bits per heavy atom. The first-order valence-electron chi connectivity index (χ1n) is 11.9. The minimum absolute atomic E-state index is 0.0492. The van der Waals surface area contributed by atoms with Gasteiger partial charge in [-0.15, -0.1) is 5.92 Å². The molecule has 0 amide bonds. The number of nitrogens with two attached hydrogens (primary N) is 1. The van der Waals surface area contributed by atoms with E-state index < -0.39 is 11.7 Å². The van der Waals surface area contributed by atoms with Crippen molar-refractivity contribution < 1.29 is 4.39 Å². The van der Waals surface area contributed by atoms with Gasteiger partial charge < -0.3 is 10.3 Å². The normalized spacial score (nSPS) is 18.4. The Balaban J connectivity index is 1.80. The number of aromatic nitrogens is 2. The minimum Gasteiger partial charge on any atom is -0.315 e. The van der Waals surface area contributed by atoms with Crippen LogP contribution >= 0.6 is 0 Å². The van der Waals surface area contributed by atoms with E-state index in [2.05, 4.69) is 28.2 Å². The fourth-order valence-electron chi connectivity index (χ4n) is 5.18. The Hall–Kier alpha value is -4.05. The molecule has 2 aromatic heterocycles. The van der Waals surface area contributed by atoms with Crippen LogP contribution in [0.15, 0.2) is 78.0 Å². The van der Waals surface area contributed by atoms with Crippen molar-refractivity contribution in [3.8, 4) is 23.0 Å². The van der Waals surface area contributed by atoms with Gasteiger partial charge >= 0.3 is 0 Å². The van der Waals surface area contributed by atoms with Crippen molar-refractivity contribution >= 4 is 0 Å². The molecule has 180 valence electrons. The molecule has 3 N–H and O–H groups in total. The van der Waals surface area contributed by atoms with Crippen LogP contribution in [-0.4, -0.2) is 9.55 Å². The number of nitrogens with zero attached hydrogens (tertiary/aromatic N) is 2. The van der Waals surface area contributed by atoms with Crippen LogP contribution in [-0.2, 0) is 12.1 Å². The molecule has 6 heteroatoms. The van der Waals surface area contributed by atoms with E-state index in [-0.39, 0.29) is 11.4 Å². The molecule has 0 aliphatic carbocycles. The zero-order valence-corrected chi connectivity index (χ0v) is 20.5. The highest BCUT2D eigenvalue weighted by Gasteiger charge is 2.46. The topological polar surface area (TPSA) is 72.9 Å². The van der Waals surface area contributed by atoms with Gasteiger partial charge in [0.15, 0.2) is 0 Å². The highest BCUT2D eigenvalue weighted by molar-refractivity contribution is 5.67. The largest absolute Gasteiger partial charge is 0.315 e. The van der Waals surface area contributed by atoms with Crippen molar-refractivity contribution in [2.75, 3.05) is 0 Å². The summed E-state index contributed by atoms with van der Waals surface area (Å²) in [4.78, 5) is 17.1. The summed E-state index contributed by atoms with van der Waals surface area (Å²) >= 11 is 0. The van der Waals surface area contributed by atoms with Gasteiger partial charge in [-0.25, -0.2) is 4.39 Å². The van der Waals surface area contributed by atoms with E-state index in [1.165, 1.54) is 6.07 Å². The van der Waals surface area contributed by atoms with E-state index in [4.69, 9.17) is 5.73 Å². The van der Waals surface area contributed by atoms with Gasteiger partial charge in [0.25, 0.3) is 5.56 Å². The third-order valence-corrected chi connectivity index (χ3v) is 6.82. The van der Waals surface area contributed by atoms with Crippen molar-refractivity contribution in [3.05, 3.63) is 123 Å². The maximum Gasteiger partial charge on any atom is 0.253 e. The molecule has 36 heavy (non-hydrogen) atoms. The molecule has 0 saturated carbocycles. The fourth-order valence-corrected chi connectivity index (χ4v) is 5.18. The summed E-state index contributed by atoms with van der Waals surface area (Å²) in [6.45, 7) is 6.04. The lowest BCUT2D eigenvalue weighted by molar-refractivity contribution is 0.447. The number of pyridine rings is 2. The predicted molar refractivity (Wildman–Crippen MR) is 140 cm³/mol. The van der Waals surface area contributed by atoms with Crippen LogP contribution in [0, 0.1) is 24.6 Å². The molecule has 1 aliphatic heterocycles. The zero-order chi connectivity index (χ0) is 25.4. The molecule has 0 radical (unpaired) electrons. The van der Waals surface area contributed by atoms with Crippen LogP contribution in [0.4, 0.5) is 4.39 Å². The second kappa shape index (κ2) is 9.19. The molecule has 0 fully saturated rings. The van der Waals surface area contributed by atoms with E-state index >= 15 is 4.39 Å². The number of hydrogen-bond acceptors (Lipinski definition) is 4. The van der Waals surface area contributed by atoms with Crippen LogP contribution in [0.1, 0.15) is 53.4 Å². The average Bonchev–Trinajstić information content (AvgIpc) is 3.20. The summed E-state index contributed by atoms with van der Waals surface area (Å²) in [5.41, 5.74) is 11.6. The van der Waals surface area contributed by atoms with Crippen LogP contribution in [0.3, 0.4) is 0 Å². The van der Waals surface area contributed by atoms with Crippen molar-refractivity contribution in [1.29, 1.82) is 0 Å². The summed E-state index contributed by atoms with van der Waals surface area (Å²) in [5, 5.41) is 3.50. The van der Waals surface area contributed by atoms with Crippen molar-refractivity contribution in [2.45, 2.75) is 39.0 Å². The van der Waals surface area contributed by atoms with Crippen LogP contribution in [0.5, 0.6) is 0 Å². The minimum atomic E-state index is -0.962. The van der Waals surface area contributed by atoms with E-state index in [1.54, 1.807) is 36.9 Å². The lowest BCUT2D eigenvalue weighted by Crippen LogP contribution is -2.43. The Labute approximate surface area is 209 Å². The average molecular weight is 479 g/mol. The lowest BCUT2D eigenvalue weighted by atomic mass is 9.77. The predicted octanol–water partition coefficient (Wildman–Crippen LogP) is 4.60. The van der Waals surface area contributed by atoms with Crippen LogP contribution in [0.25, 0.3) is 11.1 Å². The summed E-state index contributed by atoms with van der Waals surface area (Å²) < 4.78 is 16.7. The van der Waals surface area contributed by atoms with Gasteiger partial charge in [0.1, 0.15) is 5.82 Å². The van der Waals surface area contributed by atoms with Gasteiger partial charge in [-0.1, -0.05) is 36.3 Å². The Bertz CT molecular complexity index is 1600. The van der Waals surface area contributed by atoms with Gasteiger partial charge in [0.05, 0.1) is 11.7 Å². The highest BCUT2D eigenvalue weighted by atomic mass is 19.1. The Kier molecular flexibility index (Phi) is 6.05. The monoisotopic (exact) mass is 478 g/mol. The van der Waals surface area contributed by atoms with Gasteiger partial charge in [0, 0.05) is 47.4 Å². The number of halogens is 1. The molecule has 5 rings (SSSR count). The van der Waals surface area contributed by atoms with Gasteiger partial charge in [-0.3, -0.25) is 15.1 Å². The molecular formula is C30H27FN4O. The molecular weight excluding hydrogens is 451 g/mol. The van der Waals surface area contributed by atoms with Gasteiger partial charge in [-0.05, 0) is 67.3 Å². The van der Waals surface area contributed by atoms with E-state index in [1.807, 2.05) is 49.5 Å². The maximum atomic E-state index is 15.1. The summed E-state index contributed by atoms with van der Waals surface area (Å²) in [7, 11) is 0. The van der Waals surface area contributed by atoms with Crippen molar-refractivity contribution in [2.24, 2.45) is 5.73 Å². The van der Waals surface area contributed by atoms with Crippen LogP contribution in [0.2, 0.25) is 0 Å². The highest BCUT2D eigenvalue weighted by Crippen LogP contribution is 2.46. The SMILES string of the molecule is CC#Cc1cncc(-c2cccc([C@@]3(c4cc(C)c(=O)n(CC)c4)NC(N)c4c(F)cccc43)c2)c1. The zero-order valence-electron chi connectivity index (χ0n) is 20.5. The molecule has 1 aliphatic rings. The second-order valence-corrected chi connectivity index (χ2v) is 8.99. The lowest BCUT2D eigenvalue weighted by Gasteiger charge is -2.34. The van der Waals surface area contributed by atoms with Gasteiger partial charge in [-0.2, -0.15) is 0 Å². The van der Waals surface area contributed by atoms with Gasteiger partial charge in [0.2, 0.25) is 0 Å². The van der Waals surface area contributed by atoms with Crippen molar-refractivity contribution in [1.82, 2.24) is 14.9 Å².